The van der Waals surface area contributed by atoms with E-state index in [0.717, 1.165) is 6.42 Å². The second kappa shape index (κ2) is 10.7. The van der Waals surface area contributed by atoms with Crippen LogP contribution < -0.4 is 23.7 Å². The Bertz CT molecular complexity index is 1150. The number of hydrogen-bond acceptors (Lipinski definition) is 8. The molecule has 0 spiro atoms. The maximum Gasteiger partial charge on any atom is 0.308 e. The van der Waals surface area contributed by atoms with E-state index in [1.165, 1.54) is 33.5 Å². The molecular weight excluding hydrogens is 426 g/mol. The number of aromatic nitrogens is 1. The Labute approximate surface area is 192 Å². The SMILES string of the molecule is CCCOc1c(OC)cc(C(=O)c2cncc3c(OC(C)=O)c(OCC)ccc23)cc1OC. The van der Waals surface area contributed by atoms with Crippen LogP contribution >= 0.6 is 0 Å². The lowest BCUT2D eigenvalue weighted by atomic mass is 9.98. The Morgan fingerprint density at radius 2 is 1.58 bits per heavy atom. The number of ketones is 1. The van der Waals surface area contributed by atoms with E-state index in [4.69, 9.17) is 23.7 Å². The van der Waals surface area contributed by atoms with Gasteiger partial charge in [0.1, 0.15) is 0 Å². The van der Waals surface area contributed by atoms with Crippen LogP contribution in [0.15, 0.2) is 36.7 Å². The zero-order valence-electron chi connectivity index (χ0n) is 19.4. The fraction of sp³-hybridized carbons (Fsp3) is 0.320. The summed E-state index contributed by atoms with van der Waals surface area (Å²) in [6, 6.07) is 6.63. The second-order valence-electron chi connectivity index (χ2n) is 7.09. The van der Waals surface area contributed by atoms with Crippen molar-refractivity contribution in [2.45, 2.75) is 27.2 Å². The summed E-state index contributed by atoms with van der Waals surface area (Å²) < 4.78 is 27.7. The highest BCUT2D eigenvalue weighted by molar-refractivity contribution is 6.17. The monoisotopic (exact) mass is 453 g/mol. The number of pyridine rings is 1. The van der Waals surface area contributed by atoms with Crippen LogP contribution in [-0.2, 0) is 4.79 Å². The Hall–Kier alpha value is -3.81. The summed E-state index contributed by atoms with van der Waals surface area (Å²) in [7, 11) is 3.00. The van der Waals surface area contributed by atoms with Crippen LogP contribution in [0.1, 0.15) is 43.1 Å². The van der Waals surface area contributed by atoms with Crippen molar-refractivity contribution in [3.63, 3.8) is 0 Å². The molecule has 0 saturated heterocycles. The lowest BCUT2D eigenvalue weighted by Gasteiger charge is -2.16. The molecule has 2 aromatic carbocycles. The number of fused-ring (bicyclic) bond motifs is 1. The summed E-state index contributed by atoms with van der Waals surface area (Å²) in [5.74, 6) is 1.03. The van der Waals surface area contributed by atoms with Crippen LogP contribution in [-0.4, -0.2) is 44.2 Å². The van der Waals surface area contributed by atoms with Gasteiger partial charge in [-0.15, -0.1) is 0 Å². The van der Waals surface area contributed by atoms with Crippen molar-refractivity contribution in [2.75, 3.05) is 27.4 Å². The molecule has 0 aliphatic carbocycles. The first kappa shape index (κ1) is 23.8. The van der Waals surface area contributed by atoms with Crippen molar-refractivity contribution in [2.24, 2.45) is 0 Å². The van der Waals surface area contributed by atoms with Gasteiger partial charge in [-0.1, -0.05) is 6.92 Å². The molecule has 0 aliphatic rings. The minimum absolute atomic E-state index is 0.225. The number of esters is 1. The first-order chi connectivity index (χ1) is 15.9. The molecule has 3 rings (SSSR count). The van der Waals surface area contributed by atoms with Crippen LogP contribution in [0.2, 0.25) is 0 Å². The summed E-state index contributed by atoms with van der Waals surface area (Å²) in [5, 5.41) is 1.06. The predicted octanol–water partition coefficient (Wildman–Crippen LogP) is 4.60. The fourth-order valence-electron chi connectivity index (χ4n) is 3.41. The van der Waals surface area contributed by atoms with Crippen molar-refractivity contribution >= 4 is 22.5 Å². The fourth-order valence-corrected chi connectivity index (χ4v) is 3.41. The average molecular weight is 453 g/mol. The third-order valence-electron chi connectivity index (χ3n) is 4.82. The maximum atomic E-state index is 13.5. The third kappa shape index (κ3) is 5.00. The van der Waals surface area contributed by atoms with Crippen molar-refractivity contribution in [1.29, 1.82) is 0 Å². The first-order valence-corrected chi connectivity index (χ1v) is 10.6. The zero-order chi connectivity index (χ0) is 24.0. The molecule has 174 valence electrons. The molecule has 0 amide bonds. The van der Waals surface area contributed by atoms with Gasteiger partial charge in [0.2, 0.25) is 5.75 Å². The second-order valence-corrected chi connectivity index (χ2v) is 7.09. The zero-order valence-corrected chi connectivity index (χ0v) is 19.4. The Kier molecular flexibility index (Phi) is 7.71. The van der Waals surface area contributed by atoms with E-state index in [2.05, 4.69) is 4.98 Å². The maximum absolute atomic E-state index is 13.5. The molecule has 8 heteroatoms. The number of ether oxygens (including phenoxy) is 5. The molecule has 1 aromatic heterocycles. The molecule has 0 N–H and O–H groups in total. The summed E-state index contributed by atoms with van der Waals surface area (Å²) in [5.41, 5.74) is 0.667. The molecule has 3 aromatic rings. The lowest BCUT2D eigenvalue weighted by molar-refractivity contribution is -0.131. The topological polar surface area (TPSA) is 93.2 Å². The standard InChI is InChI=1S/C25H27NO7/c1-6-10-32-25-21(29-4)11-16(12-22(25)30-5)23(28)18-13-26-14-19-17(18)8-9-20(31-7-2)24(19)33-15(3)27/h8-9,11-14H,6-7,10H2,1-5H3. The largest absolute Gasteiger partial charge is 0.493 e. The Morgan fingerprint density at radius 1 is 0.879 bits per heavy atom. The number of carbonyl (C=O) groups excluding carboxylic acids is 2. The average Bonchev–Trinajstić information content (AvgIpc) is 2.82. The van der Waals surface area contributed by atoms with E-state index in [9.17, 15) is 9.59 Å². The van der Waals surface area contributed by atoms with Crippen molar-refractivity contribution in [3.8, 4) is 28.7 Å². The molecule has 0 bridgehead atoms. The molecule has 0 unspecified atom stereocenters. The van der Waals surface area contributed by atoms with Gasteiger partial charge < -0.3 is 23.7 Å². The highest BCUT2D eigenvalue weighted by atomic mass is 16.6. The summed E-state index contributed by atoms with van der Waals surface area (Å²) >= 11 is 0. The highest BCUT2D eigenvalue weighted by Gasteiger charge is 2.22. The van der Waals surface area contributed by atoms with Gasteiger partial charge in [0.05, 0.1) is 27.4 Å². The van der Waals surface area contributed by atoms with Crippen LogP contribution in [0.5, 0.6) is 28.7 Å². The van der Waals surface area contributed by atoms with Gasteiger partial charge in [0, 0.05) is 35.8 Å². The Morgan fingerprint density at radius 3 is 2.15 bits per heavy atom. The Balaban J connectivity index is 2.15. The van der Waals surface area contributed by atoms with Gasteiger partial charge in [-0.2, -0.15) is 0 Å². The van der Waals surface area contributed by atoms with E-state index in [1.54, 1.807) is 24.3 Å². The van der Waals surface area contributed by atoms with Crippen molar-refractivity contribution in [3.05, 3.63) is 47.8 Å². The van der Waals surface area contributed by atoms with E-state index < -0.39 is 5.97 Å². The van der Waals surface area contributed by atoms with E-state index in [0.29, 0.717) is 58.1 Å². The van der Waals surface area contributed by atoms with Gasteiger partial charge in [-0.05, 0) is 43.0 Å². The van der Waals surface area contributed by atoms with Gasteiger partial charge in [0.25, 0.3) is 0 Å². The van der Waals surface area contributed by atoms with Gasteiger partial charge in [0.15, 0.2) is 28.8 Å². The van der Waals surface area contributed by atoms with Gasteiger partial charge >= 0.3 is 5.97 Å². The van der Waals surface area contributed by atoms with Crippen LogP contribution in [0, 0.1) is 0 Å². The summed E-state index contributed by atoms with van der Waals surface area (Å²) in [6.45, 7) is 5.99. The van der Waals surface area contributed by atoms with E-state index >= 15 is 0 Å². The number of hydrogen-bond donors (Lipinski definition) is 0. The van der Waals surface area contributed by atoms with Gasteiger partial charge in [-0.3, -0.25) is 14.6 Å². The van der Waals surface area contributed by atoms with Gasteiger partial charge in [-0.25, -0.2) is 0 Å². The van der Waals surface area contributed by atoms with Crippen molar-refractivity contribution in [1.82, 2.24) is 4.98 Å². The molecule has 1 heterocycles. The predicted molar refractivity (Wildman–Crippen MR) is 123 cm³/mol. The molecule has 8 nitrogen and oxygen atoms in total. The smallest absolute Gasteiger partial charge is 0.308 e. The van der Waals surface area contributed by atoms with Crippen molar-refractivity contribution < 1.29 is 33.3 Å². The molecule has 0 fully saturated rings. The van der Waals surface area contributed by atoms with Crippen LogP contribution in [0.25, 0.3) is 10.8 Å². The molecule has 0 atom stereocenters. The molecule has 0 saturated carbocycles. The van der Waals surface area contributed by atoms with Crippen LogP contribution in [0.4, 0.5) is 0 Å². The number of nitrogens with zero attached hydrogens (tertiary/aromatic N) is 1. The molecule has 0 radical (unpaired) electrons. The van der Waals surface area contributed by atoms with Crippen LogP contribution in [0.3, 0.4) is 0 Å². The first-order valence-electron chi connectivity index (χ1n) is 10.6. The lowest BCUT2D eigenvalue weighted by Crippen LogP contribution is -2.08. The van der Waals surface area contributed by atoms with E-state index in [1.807, 2.05) is 13.8 Å². The summed E-state index contributed by atoms with van der Waals surface area (Å²) in [4.78, 5) is 29.4. The highest BCUT2D eigenvalue weighted by Crippen LogP contribution is 2.41. The molecule has 0 aliphatic heterocycles. The number of rotatable bonds is 10. The summed E-state index contributed by atoms with van der Waals surface area (Å²) in [6.07, 6.45) is 3.82. The minimum atomic E-state index is -0.502. The quantitative estimate of drug-likeness (QED) is 0.250. The normalized spacial score (nSPS) is 10.6. The number of carbonyl (C=O) groups is 2. The molecule has 33 heavy (non-hydrogen) atoms. The number of methoxy groups -OCH3 is 2. The number of benzene rings is 2. The minimum Gasteiger partial charge on any atom is -0.493 e. The third-order valence-corrected chi connectivity index (χ3v) is 4.82. The van der Waals surface area contributed by atoms with E-state index in [-0.39, 0.29) is 11.5 Å². The molecular formula is C25H27NO7.